The number of benzene rings is 2. The van der Waals surface area contributed by atoms with Gasteiger partial charge in [-0.15, -0.1) is 23.5 Å². The first kappa shape index (κ1) is 14.4. The molecule has 19 heavy (non-hydrogen) atoms. The highest BCUT2D eigenvalue weighted by molar-refractivity contribution is 8.00. The fourth-order valence-electron chi connectivity index (χ4n) is 1.50. The fraction of sp³-hybridized carbons (Fsp3) is 0.200. The van der Waals surface area contributed by atoms with Gasteiger partial charge < -0.3 is 0 Å². The Hall–Kier alpha value is -1.00. The van der Waals surface area contributed by atoms with E-state index in [-0.39, 0.29) is 11.6 Å². The van der Waals surface area contributed by atoms with E-state index >= 15 is 0 Å². The van der Waals surface area contributed by atoms with Crippen LogP contribution < -0.4 is 0 Å². The molecular formula is C15H14F2S2. The van der Waals surface area contributed by atoms with Crippen LogP contribution in [0.2, 0.25) is 0 Å². The van der Waals surface area contributed by atoms with E-state index in [2.05, 4.69) is 0 Å². The molecule has 0 unspecified atom stereocenters. The zero-order valence-electron chi connectivity index (χ0n) is 10.3. The fourth-order valence-corrected chi connectivity index (χ4v) is 3.39. The van der Waals surface area contributed by atoms with Crippen LogP contribution in [0.4, 0.5) is 8.78 Å². The van der Waals surface area contributed by atoms with E-state index in [0.29, 0.717) is 0 Å². The minimum atomic E-state index is -0.198. The van der Waals surface area contributed by atoms with Crippen molar-refractivity contribution in [2.75, 3.05) is 11.5 Å². The lowest BCUT2D eigenvalue weighted by molar-refractivity contribution is 0.626. The first-order valence-electron chi connectivity index (χ1n) is 6.01. The second kappa shape index (κ2) is 7.56. The molecule has 0 aliphatic heterocycles. The molecule has 2 aromatic rings. The van der Waals surface area contributed by atoms with Crippen molar-refractivity contribution in [1.82, 2.24) is 0 Å². The third kappa shape index (κ3) is 5.25. The molecule has 2 rings (SSSR count). The minimum Gasteiger partial charge on any atom is -0.207 e. The summed E-state index contributed by atoms with van der Waals surface area (Å²) < 4.78 is 25.4. The molecule has 0 bridgehead atoms. The first-order valence-corrected chi connectivity index (χ1v) is 7.98. The van der Waals surface area contributed by atoms with Crippen LogP contribution in [0.15, 0.2) is 58.3 Å². The Labute approximate surface area is 120 Å². The van der Waals surface area contributed by atoms with E-state index in [0.717, 1.165) is 27.7 Å². The minimum absolute atomic E-state index is 0.198. The van der Waals surface area contributed by atoms with Crippen molar-refractivity contribution in [2.45, 2.75) is 16.2 Å². The molecule has 0 heterocycles. The number of hydrogen-bond donors (Lipinski definition) is 0. The highest BCUT2D eigenvalue weighted by Crippen LogP contribution is 2.22. The van der Waals surface area contributed by atoms with Crippen molar-refractivity contribution in [1.29, 1.82) is 0 Å². The van der Waals surface area contributed by atoms with Crippen molar-refractivity contribution in [3.05, 3.63) is 60.2 Å². The maximum atomic E-state index is 12.7. The molecule has 0 saturated heterocycles. The molecule has 0 aliphatic rings. The summed E-state index contributed by atoms with van der Waals surface area (Å²) in [5, 5.41) is 0. The number of halogens is 2. The van der Waals surface area contributed by atoms with Crippen LogP contribution in [-0.2, 0) is 0 Å². The monoisotopic (exact) mass is 296 g/mol. The van der Waals surface area contributed by atoms with Crippen molar-refractivity contribution in [3.8, 4) is 0 Å². The average molecular weight is 296 g/mol. The second-order valence-electron chi connectivity index (χ2n) is 3.96. The summed E-state index contributed by atoms with van der Waals surface area (Å²) in [6, 6.07) is 13.1. The Kier molecular flexibility index (Phi) is 5.73. The summed E-state index contributed by atoms with van der Waals surface area (Å²) in [4.78, 5) is 2.18. The lowest BCUT2D eigenvalue weighted by Gasteiger charge is -2.02. The average Bonchev–Trinajstić information content (AvgIpc) is 2.43. The Bertz CT molecular complexity index is 447. The van der Waals surface area contributed by atoms with Crippen LogP contribution in [0.25, 0.3) is 0 Å². The largest absolute Gasteiger partial charge is 0.207 e. The normalized spacial score (nSPS) is 10.6. The molecule has 100 valence electrons. The Morgan fingerprint density at radius 1 is 0.632 bits per heavy atom. The van der Waals surface area contributed by atoms with E-state index in [1.807, 2.05) is 0 Å². The lowest BCUT2D eigenvalue weighted by Crippen LogP contribution is -1.85. The van der Waals surface area contributed by atoms with Crippen LogP contribution in [0.5, 0.6) is 0 Å². The molecule has 0 atom stereocenters. The summed E-state index contributed by atoms with van der Waals surface area (Å²) in [6.45, 7) is 0. The second-order valence-corrected chi connectivity index (χ2v) is 6.29. The lowest BCUT2D eigenvalue weighted by atomic mass is 10.4. The molecule has 2 aromatic carbocycles. The van der Waals surface area contributed by atoms with Gasteiger partial charge in [0.15, 0.2) is 0 Å². The zero-order chi connectivity index (χ0) is 13.5. The third-order valence-corrected chi connectivity index (χ3v) is 4.65. The number of rotatable bonds is 6. The van der Waals surface area contributed by atoms with Crippen molar-refractivity contribution < 1.29 is 8.78 Å². The van der Waals surface area contributed by atoms with Gasteiger partial charge in [-0.05, 0) is 66.5 Å². The van der Waals surface area contributed by atoms with E-state index in [4.69, 9.17) is 0 Å². The van der Waals surface area contributed by atoms with E-state index in [1.54, 1.807) is 47.8 Å². The zero-order valence-corrected chi connectivity index (χ0v) is 11.9. The summed E-state index contributed by atoms with van der Waals surface area (Å²) in [7, 11) is 0. The molecular weight excluding hydrogens is 282 g/mol. The molecule has 0 N–H and O–H groups in total. The summed E-state index contributed by atoms with van der Waals surface area (Å²) >= 11 is 3.45. The van der Waals surface area contributed by atoms with Crippen LogP contribution in [-0.4, -0.2) is 11.5 Å². The van der Waals surface area contributed by atoms with E-state index in [1.165, 1.54) is 24.3 Å². The maximum Gasteiger partial charge on any atom is 0.123 e. The summed E-state index contributed by atoms with van der Waals surface area (Å²) in [5.41, 5.74) is 0. The van der Waals surface area contributed by atoms with Crippen molar-refractivity contribution in [2.24, 2.45) is 0 Å². The van der Waals surface area contributed by atoms with Crippen LogP contribution in [0.3, 0.4) is 0 Å². The van der Waals surface area contributed by atoms with Gasteiger partial charge in [-0.1, -0.05) is 0 Å². The third-order valence-electron chi connectivity index (χ3n) is 2.45. The van der Waals surface area contributed by atoms with Crippen molar-refractivity contribution in [3.63, 3.8) is 0 Å². The molecule has 0 spiro atoms. The summed E-state index contributed by atoms with van der Waals surface area (Å²) in [5.74, 6) is 1.60. The molecule has 0 fully saturated rings. The molecule has 0 saturated carbocycles. The highest BCUT2D eigenvalue weighted by Gasteiger charge is 1.97. The highest BCUT2D eigenvalue weighted by atomic mass is 32.2. The van der Waals surface area contributed by atoms with Gasteiger partial charge in [-0.3, -0.25) is 0 Å². The van der Waals surface area contributed by atoms with Gasteiger partial charge in [0.2, 0.25) is 0 Å². The van der Waals surface area contributed by atoms with Gasteiger partial charge in [-0.2, -0.15) is 0 Å². The Morgan fingerprint density at radius 2 is 1.00 bits per heavy atom. The van der Waals surface area contributed by atoms with E-state index < -0.39 is 0 Å². The topological polar surface area (TPSA) is 0 Å². The molecule has 0 aromatic heterocycles. The van der Waals surface area contributed by atoms with Crippen LogP contribution in [0.1, 0.15) is 6.42 Å². The van der Waals surface area contributed by atoms with Gasteiger partial charge in [0.25, 0.3) is 0 Å². The maximum absolute atomic E-state index is 12.7. The van der Waals surface area contributed by atoms with Crippen molar-refractivity contribution >= 4 is 23.5 Å². The smallest absolute Gasteiger partial charge is 0.123 e. The molecule has 0 aliphatic carbocycles. The quantitative estimate of drug-likeness (QED) is 0.528. The number of thioether (sulfide) groups is 2. The standard InChI is InChI=1S/C15H14F2S2/c16-12-2-6-14(7-3-12)18-10-1-11-19-15-8-4-13(17)5-9-15/h2-9H,1,10-11H2. The first-order chi connectivity index (χ1) is 9.24. The number of hydrogen-bond acceptors (Lipinski definition) is 2. The van der Waals surface area contributed by atoms with Crippen LogP contribution in [0, 0.1) is 11.6 Å². The van der Waals surface area contributed by atoms with Gasteiger partial charge in [0.05, 0.1) is 0 Å². The van der Waals surface area contributed by atoms with Gasteiger partial charge in [0.1, 0.15) is 11.6 Å². The van der Waals surface area contributed by atoms with Gasteiger partial charge >= 0.3 is 0 Å². The molecule has 0 nitrogen and oxygen atoms in total. The predicted molar refractivity (Wildman–Crippen MR) is 78.9 cm³/mol. The Balaban J connectivity index is 1.64. The van der Waals surface area contributed by atoms with Gasteiger partial charge in [0, 0.05) is 9.79 Å². The molecule has 0 amide bonds. The molecule has 0 radical (unpaired) electrons. The SMILES string of the molecule is Fc1ccc(SCCCSc2ccc(F)cc2)cc1. The summed E-state index contributed by atoms with van der Waals surface area (Å²) in [6.07, 6.45) is 1.06. The van der Waals surface area contributed by atoms with Gasteiger partial charge in [-0.25, -0.2) is 8.78 Å². The predicted octanol–water partition coefficient (Wildman–Crippen LogP) is 5.24. The van der Waals surface area contributed by atoms with E-state index in [9.17, 15) is 8.78 Å². The molecule has 4 heteroatoms. The van der Waals surface area contributed by atoms with Crippen LogP contribution >= 0.6 is 23.5 Å². The Morgan fingerprint density at radius 3 is 1.37 bits per heavy atom.